The number of hydrogen-bond acceptors (Lipinski definition) is 4. The van der Waals surface area contributed by atoms with Crippen molar-refractivity contribution in [2.75, 3.05) is 22.9 Å². The third-order valence-corrected chi connectivity index (χ3v) is 6.01. The third kappa shape index (κ3) is 6.57. The van der Waals surface area contributed by atoms with Crippen LogP contribution in [0.1, 0.15) is 44.7 Å². The molecule has 6 nitrogen and oxygen atoms in total. The van der Waals surface area contributed by atoms with Gasteiger partial charge in [0.05, 0.1) is 17.3 Å². The van der Waals surface area contributed by atoms with Crippen molar-refractivity contribution in [2.45, 2.75) is 52.6 Å². The first-order valence-electron chi connectivity index (χ1n) is 11.4. The number of halogens is 3. The fraction of sp³-hybridized carbons (Fsp3) is 0.423. The summed E-state index contributed by atoms with van der Waals surface area (Å²) in [6.07, 6.45) is 1.10. The lowest BCUT2D eigenvalue weighted by molar-refractivity contribution is -0.120. The van der Waals surface area contributed by atoms with E-state index in [9.17, 15) is 23.2 Å². The summed E-state index contributed by atoms with van der Waals surface area (Å²) in [5, 5.41) is 0.237. The van der Waals surface area contributed by atoms with Gasteiger partial charge in [-0.3, -0.25) is 9.69 Å². The number of nitrogens with zero attached hydrogens (tertiary/aromatic N) is 2. The van der Waals surface area contributed by atoms with E-state index in [1.807, 2.05) is 0 Å². The predicted molar refractivity (Wildman–Crippen MR) is 131 cm³/mol. The average molecular weight is 507 g/mol. The lowest BCUT2D eigenvalue weighted by Gasteiger charge is -2.35. The molecule has 1 aliphatic heterocycles. The van der Waals surface area contributed by atoms with Crippen LogP contribution in [0.25, 0.3) is 0 Å². The van der Waals surface area contributed by atoms with Crippen LogP contribution in [-0.4, -0.2) is 37.0 Å². The summed E-state index contributed by atoms with van der Waals surface area (Å²) in [5.41, 5.74) is 1.14. The Kier molecular flexibility index (Phi) is 8.15. The van der Waals surface area contributed by atoms with Crippen molar-refractivity contribution in [3.63, 3.8) is 0 Å². The van der Waals surface area contributed by atoms with Gasteiger partial charge in [-0.15, -0.1) is 0 Å². The summed E-state index contributed by atoms with van der Waals surface area (Å²) in [6, 6.07) is 6.70. The maximum atomic E-state index is 14.2. The van der Waals surface area contributed by atoms with E-state index in [4.69, 9.17) is 16.3 Å². The highest BCUT2D eigenvalue weighted by atomic mass is 35.5. The molecule has 0 radical (unpaired) electrons. The molecular formula is C26H29ClF2N2O4. The van der Waals surface area contributed by atoms with Crippen LogP contribution < -0.4 is 9.80 Å². The Labute approximate surface area is 208 Å². The summed E-state index contributed by atoms with van der Waals surface area (Å²) in [5.74, 6) is -1.40. The van der Waals surface area contributed by atoms with Gasteiger partial charge in [0.25, 0.3) is 0 Å². The zero-order valence-corrected chi connectivity index (χ0v) is 21.0. The number of aryl methyl sites for hydroxylation is 1. The number of rotatable bonds is 6. The summed E-state index contributed by atoms with van der Waals surface area (Å²) in [6.45, 7) is 7.03. The number of ether oxygens (including phenoxy) is 1. The second-order valence-corrected chi connectivity index (χ2v) is 10.1. The summed E-state index contributed by atoms with van der Waals surface area (Å²) in [7, 11) is 0. The average Bonchev–Trinajstić information content (AvgIpc) is 2.74. The number of anilines is 2. The fourth-order valence-corrected chi connectivity index (χ4v) is 4.55. The molecule has 2 aromatic carbocycles. The van der Waals surface area contributed by atoms with Gasteiger partial charge < -0.3 is 14.4 Å². The number of carbonyl (C=O) groups is 3. The molecule has 2 aromatic rings. The Morgan fingerprint density at radius 3 is 2.57 bits per heavy atom. The Balaban J connectivity index is 1.87. The third-order valence-electron chi connectivity index (χ3n) is 5.72. The molecule has 0 aliphatic carbocycles. The van der Waals surface area contributed by atoms with Gasteiger partial charge >= 0.3 is 6.09 Å². The van der Waals surface area contributed by atoms with E-state index in [0.717, 1.165) is 6.07 Å². The summed E-state index contributed by atoms with van der Waals surface area (Å²) in [4.78, 5) is 39.5. The van der Waals surface area contributed by atoms with Gasteiger partial charge in [0.1, 0.15) is 23.5 Å². The first-order valence-corrected chi connectivity index (χ1v) is 11.8. The maximum absolute atomic E-state index is 14.2. The number of benzene rings is 2. The van der Waals surface area contributed by atoms with Gasteiger partial charge in [0.2, 0.25) is 5.91 Å². The molecule has 0 spiro atoms. The van der Waals surface area contributed by atoms with Crippen LogP contribution in [0.2, 0.25) is 5.02 Å². The Hall–Kier alpha value is -3.00. The van der Waals surface area contributed by atoms with Crippen molar-refractivity contribution < 1.29 is 27.9 Å². The Morgan fingerprint density at radius 2 is 1.97 bits per heavy atom. The molecule has 188 valence electrons. The highest BCUT2D eigenvalue weighted by Crippen LogP contribution is 2.38. The fourth-order valence-electron chi connectivity index (χ4n) is 4.19. The van der Waals surface area contributed by atoms with E-state index in [1.54, 1.807) is 38.7 Å². The lowest BCUT2D eigenvalue weighted by Crippen LogP contribution is -2.41. The smallest absolute Gasteiger partial charge is 0.415 e. The van der Waals surface area contributed by atoms with Crippen molar-refractivity contribution in [2.24, 2.45) is 5.92 Å². The second kappa shape index (κ2) is 10.7. The van der Waals surface area contributed by atoms with Crippen molar-refractivity contribution in [3.05, 3.63) is 58.1 Å². The molecular weight excluding hydrogens is 478 g/mol. The molecule has 1 heterocycles. The minimum Gasteiger partial charge on any atom is -0.443 e. The van der Waals surface area contributed by atoms with Gasteiger partial charge in [-0.25, -0.2) is 13.6 Å². The molecule has 3 rings (SSSR count). The van der Waals surface area contributed by atoms with Gasteiger partial charge in [0, 0.05) is 24.7 Å². The maximum Gasteiger partial charge on any atom is 0.415 e. The minimum absolute atomic E-state index is 0.0453. The molecule has 1 unspecified atom stereocenters. The van der Waals surface area contributed by atoms with Gasteiger partial charge in [-0.05, 0) is 75.8 Å². The number of carbonyl (C=O) groups excluding carboxylic acids is 3. The van der Waals surface area contributed by atoms with Gasteiger partial charge in [-0.2, -0.15) is 0 Å². The molecule has 9 heteroatoms. The van der Waals surface area contributed by atoms with Crippen molar-refractivity contribution >= 4 is 41.3 Å². The molecule has 1 saturated heterocycles. The normalized spacial score (nSPS) is 16.3. The minimum atomic E-state index is -0.754. The van der Waals surface area contributed by atoms with Crippen LogP contribution >= 0.6 is 11.6 Å². The molecule has 1 atom stereocenters. The number of piperidine rings is 1. The highest BCUT2D eigenvalue weighted by Gasteiger charge is 2.31. The number of amides is 2. The standard InChI is InChI=1S/C26H29ClF2N2O4/c1-16-11-20(30(9-10-32)25(34)35-26(2,3)4)14-21(27)24(16)31-15-17(5-8-23(31)33)12-18-6-7-19(28)13-22(18)29/h6-7,10-11,13-14,17H,5,8-9,12,15H2,1-4H3. The lowest BCUT2D eigenvalue weighted by atomic mass is 9.90. The molecule has 0 saturated carbocycles. The van der Waals surface area contributed by atoms with Crippen LogP contribution in [0.15, 0.2) is 30.3 Å². The zero-order chi connectivity index (χ0) is 25.9. The first-order chi connectivity index (χ1) is 16.4. The molecule has 0 N–H and O–H groups in total. The van der Waals surface area contributed by atoms with E-state index < -0.39 is 23.3 Å². The van der Waals surface area contributed by atoms with E-state index in [1.165, 1.54) is 23.1 Å². The predicted octanol–water partition coefficient (Wildman–Crippen LogP) is 5.85. The first kappa shape index (κ1) is 26.6. The van der Waals surface area contributed by atoms with Crippen molar-refractivity contribution in [3.8, 4) is 0 Å². The van der Waals surface area contributed by atoms with Crippen LogP contribution in [-0.2, 0) is 20.7 Å². The number of hydrogen-bond donors (Lipinski definition) is 0. The summed E-state index contributed by atoms with van der Waals surface area (Å²) < 4.78 is 32.8. The molecule has 1 aliphatic rings. The van der Waals surface area contributed by atoms with E-state index in [2.05, 4.69) is 0 Å². The summed E-state index contributed by atoms with van der Waals surface area (Å²) >= 11 is 6.60. The van der Waals surface area contributed by atoms with Crippen molar-refractivity contribution in [1.29, 1.82) is 0 Å². The molecule has 0 aromatic heterocycles. The van der Waals surface area contributed by atoms with Gasteiger partial charge in [-0.1, -0.05) is 17.7 Å². The molecule has 2 amide bonds. The van der Waals surface area contributed by atoms with E-state index in [-0.39, 0.29) is 29.8 Å². The van der Waals surface area contributed by atoms with Crippen LogP contribution in [0, 0.1) is 24.5 Å². The van der Waals surface area contributed by atoms with E-state index in [0.29, 0.717) is 48.2 Å². The van der Waals surface area contributed by atoms with Crippen LogP contribution in [0.3, 0.4) is 0 Å². The zero-order valence-electron chi connectivity index (χ0n) is 20.2. The Morgan fingerprint density at radius 1 is 1.26 bits per heavy atom. The molecule has 0 bridgehead atoms. The Bertz CT molecular complexity index is 1110. The molecule has 35 heavy (non-hydrogen) atoms. The van der Waals surface area contributed by atoms with Crippen LogP contribution in [0.5, 0.6) is 0 Å². The van der Waals surface area contributed by atoms with Crippen molar-refractivity contribution in [1.82, 2.24) is 0 Å². The van der Waals surface area contributed by atoms with Gasteiger partial charge in [0.15, 0.2) is 0 Å². The number of aldehydes is 1. The topological polar surface area (TPSA) is 66.9 Å². The second-order valence-electron chi connectivity index (χ2n) is 9.70. The highest BCUT2D eigenvalue weighted by molar-refractivity contribution is 6.34. The monoisotopic (exact) mass is 506 g/mol. The quantitative estimate of drug-likeness (QED) is 0.461. The SMILES string of the molecule is Cc1cc(N(CC=O)C(=O)OC(C)(C)C)cc(Cl)c1N1CC(Cc2ccc(F)cc2F)CCC1=O. The largest absolute Gasteiger partial charge is 0.443 e. The van der Waals surface area contributed by atoms with Crippen LogP contribution in [0.4, 0.5) is 25.0 Å². The molecule has 1 fully saturated rings. The van der Waals surface area contributed by atoms with E-state index >= 15 is 0 Å².